The molecule has 0 aliphatic rings. The van der Waals surface area contributed by atoms with Crippen molar-refractivity contribution in [3.8, 4) is 5.75 Å². The van der Waals surface area contributed by atoms with Gasteiger partial charge in [-0.3, -0.25) is 9.10 Å². The second-order valence-electron chi connectivity index (χ2n) is 5.31. The number of carbonyl (C=O) groups is 1. The summed E-state index contributed by atoms with van der Waals surface area (Å²) >= 11 is 6.07. The molecule has 0 unspecified atom stereocenters. The first-order valence-corrected chi connectivity index (χ1v) is 9.44. The number of ether oxygens (including phenoxy) is 1. The third-order valence-electron chi connectivity index (χ3n) is 3.68. The molecule has 0 fully saturated rings. The van der Waals surface area contributed by atoms with Crippen molar-refractivity contribution in [2.75, 3.05) is 25.0 Å². The maximum atomic E-state index is 12.8. The number of hydrogen-bond acceptors (Lipinski definition) is 4. The van der Waals surface area contributed by atoms with Crippen LogP contribution in [0.25, 0.3) is 0 Å². The number of sulfonamides is 1. The Morgan fingerprint density at radius 3 is 2.50 bits per heavy atom. The van der Waals surface area contributed by atoms with Crippen molar-refractivity contribution >= 4 is 33.2 Å². The topological polar surface area (TPSA) is 75.7 Å². The van der Waals surface area contributed by atoms with Crippen LogP contribution in [0.1, 0.15) is 10.4 Å². The molecule has 0 heterocycles. The van der Waals surface area contributed by atoms with E-state index in [1.54, 1.807) is 12.1 Å². The standard InChI is InChI=1S/C18H19ClN2O4S/c1-4-11-20-18(22)16-12-13(5-10-17(16)19)21(2)26(23,24)15-8-6-14(25-3)7-9-15/h4-10,12H,1,11H2,2-3H3,(H,20,22). The summed E-state index contributed by atoms with van der Waals surface area (Å²) in [6.07, 6.45) is 1.54. The molecule has 2 rings (SSSR count). The monoisotopic (exact) mass is 394 g/mol. The number of nitrogens with zero attached hydrogens (tertiary/aromatic N) is 1. The largest absolute Gasteiger partial charge is 0.497 e. The van der Waals surface area contributed by atoms with Gasteiger partial charge >= 0.3 is 0 Å². The molecule has 8 heteroatoms. The van der Waals surface area contributed by atoms with Gasteiger partial charge in [0.25, 0.3) is 15.9 Å². The van der Waals surface area contributed by atoms with Gasteiger partial charge in [-0.2, -0.15) is 0 Å². The number of halogens is 1. The van der Waals surface area contributed by atoms with Gasteiger partial charge in [0.1, 0.15) is 5.75 Å². The van der Waals surface area contributed by atoms with Crippen molar-refractivity contribution in [3.63, 3.8) is 0 Å². The zero-order valence-corrected chi connectivity index (χ0v) is 16.0. The molecule has 0 saturated carbocycles. The zero-order valence-electron chi connectivity index (χ0n) is 14.4. The van der Waals surface area contributed by atoms with Gasteiger partial charge in [0.15, 0.2) is 0 Å². The Labute approximate surface area is 158 Å². The van der Waals surface area contributed by atoms with Crippen LogP contribution in [0.2, 0.25) is 5.02 Å². The number of anilines is 1. The minimum Gasteiger partial charge on any atom is -0.497 e. The van der Waals surface area contributed by atoms with Crippen LogP contribution in [0, 0.1) is 0 Å². The Bertz CT molecular complexity index is 911. The van der Waals surface area contributed by atoms with Crippen molar-refractivity contribution in [1.82, 2.24) is 5.32 Å². The Kier molecular flexibility index (Phi) is 6.28. The van der Waals surface area contributed by atoms with E-state index in [-0.39, 0.29) is 22.0 Å². The van der Waals surface area contributed by atoms with E-state index in [2.05, 4.69) is 11.9 Å². The van der Waals surface area contributed by atoms with E-state index in [1.807, 2.05) is 0 Å². The van der Waals surface area contributed by atoms with E-state index < -0.39 is 15.9 Å². The van der Waals surface area contributed by atoms with Gasteiger partial charge in [0.2, 0.25) is 0 Å². The van der Waals surface area contributed by atoms with Gasteiger partial charge in [-0.1, -0.05) is 17.7 Å². The van der Waals surface area contributed by atoms with Gasteiger partial charge in [-0.25, -0.2) is 8.42 Å². The average molecular weight is 395 g/mol. The molecule has 138 valence electrons. The lowest BCUT2D eigenvalue weighted by Crippen LogP contribution is -2.28. The second-order valence-corrected chi connectivity index (χ2v) is 7.69. The summed E-state index contributed by atoms with van der Waals surface area (Å²) in [6, 6.07) is 10.5. The summed E-state index contributed by atoms with van der Waals surface area (Å²) in [4.78, 5) is 12.3. The van der Waals surface area contributed by atoms with E-state index in [1.165, 1.54) is 50.6 Å². The molecule has 26 heavy (non-hydrogen) atoms. The predicted molar refractivity (Wildman–Crippen MR) is 103 cm³/mol. The minimum absolute atomic E-state index is 0.105. The summed E-state index contributed by atoms with van der Waals surface area (Å²) in [7, 11) is -0.889. The molecule has 0 aliphatic carbocycles. The first kappa shape index (κ1) is 19.8. The van der Waals surface area contributed by atoms with Crippen LogP contribution in [0.3, 0.4) is 0 Å². The van der Waals surface area contributed by atoms with Gasteiger partial charge in [0, 0.05) is 13.6 Å². The van der Waals surface area contributed by atoms with E-state index in [0.29, 0.717) is 11.4 Å². The van der Waals surface area contributed by atoms with E-state index in [4.69, 9.17) is 16.3 Å². The fourth-order valence-corrected chi connectivity index (χ4v) is 3.58. The smallest absolute Gasteiger partial charge is 0.264 e. The van der Waals surface area contributed by atoms with Crippen molar-refractivity contribution < 1.29 is 17.9 Å². The number of amides is 1. The van der Waals surface area contributed by atoms with Crippen molar-refractivity contribution in [3.05, 3.63) is 65.7 Å². The Morgan fingerprint density at radius 1 is 1.27 bits per heavy atom. The first-order chi connectivity index (χ1) is 12.3. The molecule has 0 spiro atoms. The lowest BCUT2D eigenvalue weighted by Gasteiger charge is -2.20. The summed E-state index contributed by atoms with van der Waals surface area (Å²) in [5, 5.41) is 2.84. The average Bonchev–Trinajstić information content (AvgIpc) is 2.65. The molecule has 0 aromatic heterocycles. The van der Waals surface area contributed by atoms with E-state index in [9.17, 15) is 13.2 Å². The fraction of sp³-hybridized carbons (Fsp3) is 0.167. The molecule has 2 aromatic rings. The highest BCUT2D eigenvalue weighted by Crippen LogP contribution is 2.27. The predicted octanol–water partition coefficient (Wildman–Crippen LogP) is 3.09. The molecule has 0 aliphatic heterocycles. The van der Waals surface area contributed by atoms with Crippen LogP contribution in [0.5, 0.6) is 5.75 Å². The summed E-state index contributed by atoms with van der Waals surface area (Å²) in [5.74, 6) is 0.145. The number of benzene rings is 2. The van der Waals surface area contributed by atoms with E-state index in [0.717, 1.165) is 4.31 Å². The molecule has 0 radical (unpaired) electrons. The minimum atomic E-state index is -3.80. The molecule has 0 bridgehead atoms. The number of carbonyl (C=O) groups excluding carboxylic acids is 1. The Balaban J connectivity index is 2.37. The lowest BCUT2D eigenvalue weighted by atomic mass is 10.2. The highest BCUT2D eigenvalue weighted by Gasteiger charge is 2.23. The number of rotatable bonds is 7. The Morgan fingerprint density at radius 2 is 1.92 bits per heavy atom. The SMILES string of the molecule is C=CCNC(=O)c1cc(N(C)S(=O)(=O)c2ccc(OC)cc2)ccc1Cl. The van der Waals surface area contributed by atoms with Gasteiger partial charge in [0.05, 0.1) is 28.3 Å². The molecule has 1 N–H and O–H groups in total. The lowest BCUT2D eigenvalue weighted by molar-refractivity contribution is 0.0958. The highest BCUT2D eigenvalue weighted by molar-refractivity contribution is 7.92. The molecule has 1 amide bonds. The van der Waals surface area contributed by atoms with Crippen LogP contribution in [0.4, 0.5) is 5.69 Å². The fourth-order valence-electron chi connectivity index (χ4n) is 2.19. The summed E-state index contributed by atoms with van der Waals surface area (Å²) < 4.78 is 31.7. The van der Waals surface area contributed by atoms with Crippen LogP contribution in [-0.2, 0) is 10.0 Å². The molecule has 0 atom stereocenters. The van der Waals surface area contributed by atoms with Crippen molar-refractivity contribution in [2.45, 2.75) is 4.90 Å². The maximum absolute atomic E-state index is 12.8. The second kappa shape index (κ2) is 8.25. The molecular weight excluding hydrogens is 376 g/mol. The van der Waals surface area contributed by atoms with Gasteiger partial charge in [-0.05, 0) is 42.5 Å². The Hall–Kier alpha value is -2.51. The summed E-state index contributed by atoms with van der Waals surface area (Å²) in [5.41, 5.74) is 0.497. The normalized spacial score (nSPS) is 10.9. The van der Waals surface area contributed by atoms with Crippen LogP contribution in [-0.4, -0.2) is 35.0 Å². The van der Waals surface area contributed by atoms with Crippen LogP contribution < -0.4 is 14.4 Å². The maximum Gasteiger partial charge on any atom is 0.264 e. The van der Waals surface area contributed by atoms with Crippen molar-refractivity contribution in [1.29, 1.82) is 0 Å². The molecular formula is C18H19ClN2O4S. The quantitative estimate of drug-likeness (QED) is 0.732. The summed E-state index contributed by atoms with van der Waals surface area (Å²) in [6.45, 7) is 3.81. The number of methoxy groups -OCH3 is 1. The van der Waals surface area contributed by atoms with Gasteiger partial charge in [-0.15, -0.1) is 6.58 Å². The first-order valence-electron chi connectivity index (χ1n) is 7.63. The number of hydrogen-bond donors (Lipinski definition) is 1. The van der Waals surface area contributed by atoms with Gasteiger partial charge < -0.3 is 10.1 Å². The molecule has 0 saturated heterocycles. The highest BCUT2D eigenvalue weighted by atomic mass is 35.5. The number of nitrogens with one attached hydrogen (secondary N) is 1. The van der Waals surface area contributed by atoms with E-state index >= 15 is 0 Å². The van der Waals surface area contributed by atoms with Crippen LogP contribution in [0.15, 0.2) is 60.0 Å². The molecule has 2 aromatic carbocycles. The van der Waals surface area contributed by atoms with Crippen molar-refractivity contribution in [2.24, 2.45) is 0 Å². The third kappa shape index (κ3) is 4.17. The van der Waals surface area contributed by atoms with Crippen LogP contribution >= 0.6 is 11.6 Å². The molecule has 6 nitrogen and oxygen atoms in total. The zero-order chi connectivity index (χ0) is 19.3. The third-order valence-corrected chi connectivity index (χ3v) is 5.81.